The molecule has 0 spiro atoms. The molecule has 21 heavy (non-hydrogen) atoms. The Labute approximate surface area is 131 Å². The summed E-state index contributed by atoms with van der Waals surface area (Å²) in [6.07, 6.45) is 0. The fraction of sp³-hybridized carbons (Fsp3) is 0.357. The molecule has 0 aliphatic rings. The van der Waals surface area contributed by atoms with Crippen molar-refractivity contribution in [3.05, 3.63) is 40.7 Å². The van der Waals surface area contributed by atoms with Gasteiger partial charge in [-0.15, -0.1) is 10.2 Å². The van der Waals surface area contributed by atoms with Gasteiger partial charge < -0.3 is 5.32 Å². The van der Waals surface area contributed by atoms with Gasteiger partial charge in [0, 0.05) is 0 Å². The Balaban J connectivity index is 1.92. The highest BCUT2D eigenvalue weighted by molar-refractivity contribution is 8.02. The number of hydrogen-bond acceptors (Lipinski definition) is 5. The molecule has 4 nitrogen and oxygen atoms in total. The first-order chi connectivity index (χ1) is 9.95. The van der Waals surface area contributed by atoms with Crippen molar-refractivity contribution in [1.29, 1.82) is 0 Å². The summed E-state index contributed by atoms with van der Waals surface area (Å²) in [7, 11) is 0. The van der Waals surface area contributed by atoms with Gasteiger partial charge in [-0.25, -0.2) is 4.39 Å². The van der Waals surface area contributed by atoms with Crippen molar-refractivity contribution < 1.29 is 9.18 Å². The van der Waals surface area contributed by atoms with Crippen LogP contribution in [0.5, 0.6) is 0 Å². The van der Waals surface area contributed by atoms with E-state index in [-0.39, 0.29) is 23.0 Å². The minimum Gasteiger partial charge on any atom is -0.349 e. The average Bonchev–Trinajstić information content (AvgIpc) is 2.84. The average molecular weight is 325 g/mol. The quantitative estimate of drug-likeness (QED) is 0.857. The summed E-state index contributed by atoms with van der Waals surface area (Å²) in [5, 5.41) is 11.5. The molecule has 1 heterocycles. The van der Waals surface area contributed by atoms with Crippen LogP contribution in [0.2, 0.25) is 0 Å². The van der Waals surface area contributed by atoms with Crippen LogP contribution in [0.25, 0.3) is 0 Å². The number of aryl methyl sites for hydroxylation is 1. The second kappa shape index (κ2) is 7.00. The zero-order valence-electron chi connectivity index (χ0n) is 12.0. The Hall–Kier alpha value is -1.47. The van der Waals surface area contributed by atoms with Gasteiger partial charge in [-0.05, 0) is 38.5 Å². The Bertz CT molecular complexity index is 615. The van der Waals surface area contributed by atoms with Crippen molar-refractivity contribution in [3.63, 3.8) is 0 Å². The van der Waals surface area contributed by atoms with E-state index < -0.39 is 0 Å². The van der Waals surface area contributed by atoms with Crippen molar-refractivity contribution >= 4 is 29.0 Å². The number of benzene rings is 1. The molecule has 112 valence electrons. The fourth-order valence-electron chi connectivity index (χ4n) is 1.70. The van der Waals surface area contributed by atoms with Crippen LogP contribution in [0.15, 0.2) is 28.6 Å². The summed E-state index contributed by atoms with van der Waals surface area (Å²) in [6, 6.07) is 5.95. The van der Waals surface area contributed by atoms with Crippen molar-refractivity contribution in [2.45, 2.75) is 36.4 Å². The largest absolute Gasteiger partial charge is 0.349 e. The van der Waals surface area contributed by atoms with Gasteiger partial charge in [0.15, 0.2) is 4.34 Å². The van der Waals surface area contributed by atoms with Crippen LogP contribution < -0.4 is 5.32 Å². The van der Waals surface area contributed by atoms with E-state index in [1.54, 1.807) is 12.1 Å². The van der Waals surface area contributed by atoms with Crippen LogP contribution in [0.3, 0.4) is 0 Å². The summed E-state index contributed by atoms with van der Waals surface area (Å²) in [6.45, 7) is 5.58. The summed E-state index contributed by atoms with van der Waals surface area (Å²) >= 11 is 2.85. The lowest BCUT2D eigenvalue weighted by Gasteiger charge is -2.17. The zero-order valence-corrected chi connectivity index (χ0v) is 13.6. The number of carbonyl (C=O) groups excluding carboxylic acids is 1. The minimum absolute atomic E-state index is 0.0790. The number of thioether (sulfide) groups is 1. The SMILES string of the molecule is Cc1nnc(S[C@@H](C)C(=O)N[C@H](C)c2ccc(F)cc2)s1. The Kier molecular flexibility index (Phi) is 5.30. The monoisotopic (exact) mass is 325 g/mol. The van der Waals surface area contributed by atoms with E-state index in [1.807, 2.05) is 20.8 Å². The maximum atomic E-state index is 12.9. The summed E-state index contributed by atoms with van der Waals surface area (Å²) < 4.78 is 13.7. The standard InChI is InChI=1S/C14H16FN3OS2/c1-8(11-4-6-12(15)7-5-11)16-13(19)9(2)20-14-18-17-10(3)21-14/h4-9H,1-3H3,(H,16,19)/t8-,9+/m1/s1. The van der Waals surface area contributed by atoms with Gasteiger partial charge in [0.05, 0.1) is 11.3 Å². The molecule has 1 aromatic heterocycles. The molecule has 2 aromatic rings. The summed E-state index contributed by atoms with van der Waals surface area (Å²) in [5.74, 6) is -0.363. The molecule has 0 aliphatic carbocycles. The fourth-order valence-corrected chi connectivity index (χ4v) is 3.67. The van der Waals surface area contributed by atoms with Crippen molar-refractivity contribution in [2.24, 2.45) is 0 Å². The zero-order chi connectivity index (χ0) is 15.4. The lowest BCUT2D eigenvalue weighted by molar-refractivity contribution is -0.120. The number of carbonyl (C=O) groups is 1. The van der Waals surface area contributed by atoms with Crippen molar-refractivity contribution in [2.75, 3.05) is 0 Å². The summed E-state index contributed by atoms with van der Waals surface area (Å²) in [5.41, 5.74) is 0.869. The molecule has 2 atom stereocenters. The van der Waals surface area contributed by atoms with Crippen LogP contribution >= 0.6 is 23.1 Å². The van der Waals surface area contributed by atoms with Gasteiger partial charge in [-0.3, -0.25) is 4.79 Å². The van der Waals surface area contributed by atoms with E-state index in [1.165, 1.54) is 35.2 Å². The number of amides is 1. The topological polar surface area (TPSA) is 54.9 Å². The van der Waals surface area contributed by atoms with Crippen LogP contribution in [0, 0.1) is 12.7 Å². The molecule has 2 rings (SSSR count). The first-order valence-corrected chi connectivity index (χ1v) is 8.18. The molecular weight excluding hydrogens is 309 g/mol. The van der Waals surface area contributed by atoms with E-state index in [9.17, 15) is 9.18 Å². The molecule has 0 unspecified atom stereocenters. The predicted octanol–water partition coefficient (Wildman–Crippen LogP) is 3.34. The second-order valence-electron chi connectivity index (χ2n) is 4.63. The highest BCUT2D eigenvalue weighted by Crippen LogP contribution is 2.26. The number of aromatic nitrogens is 2. The molecule has 0 fully saturated rings. The van der Waals surface area contributed by atoms with E-state index in [4.69, 9.17) is 0 Å². The molecule has 0 bridgehead atoms. The number of halogens is 1. The first-order valence-electron chi connectivity index (χ1n) is 6.48. The lowest BCUT2D eigenvalue weighted by atomic mass is 10.1. The molecule has 7 heteroatoms. The van der Waals surface area contributed by atoms with E-state index >= 15 is 0 Å². The van der Waals surface area contributed by atoms with Gasteiger partial charge in [-0.2, -0.15) is 0 Å². The van der Waals surface area contributed by atoms with Gasteiger partial charge >= 0.3 is 0 Å². The van der Waals surface area contributed by atoms with Gasteiger partial charge in [0.2, 0.25) is 5.91 Å². The molecule has 1 amide bonds. The van der Waals surface area contributed by atoms with Gasteiger partial charge in [0.25, 0.3) is 0 Å². The molecule has 0 radical (unpaired) electrons. The number of nitrogens with zero attached hydrogens (tertiary/aromatic N) is 2. The maximum Gasteiger partial charge on any atom is 0.233 e. The summed E-state index contributed by atoms with van der Waals surface area (Å²) in [4.78, 5) is 12.2. The van der Waals surface area contributed by atoms with Gasteiger partial charge in [-0.1, -0.05) is 35.2 Å². The first kappa shape index (κ1) is 15.9. The molecule has 0 saturated carbocycles. The number of hydrogen-bond donors (Lipinski definition) is 1. The Morgan fingerprint density at radius 2 is 1.95 bits per heavy atom. The Morgan fingerprint density at radius 1 is 1.29 bits per heavy atom. The van der Waals surface area contributed by atoms with Crippen molar-refractivity contribution in [1.82, 2.24) is 15.5 Å². The maximum absolute atomic E-state index is 12.9. The van der Waals surface area contributed by atoms with E-state index in [2.05, 4.69) is 15.5 Å². The molecule has 1 N–H and O–H groups in total. The van der Waals surface area contributed by atoms with E-state index in [0.717, 1.165) is 14.9 Å². The normalized spacial score (nSPS) is 13.7. The highest BCUT2D eigenvalue weighted by Gasteiger charge is 2.19. The Morgan fingerprint density at radius 3 is 2.52 bits per heavy atom. The molecule has 0 aliphatic heterocycles. The van der Waals surface area contributed by atoms with Crippen LogP contribution in [-0.2, 0) is 4.79 Å². The molecule has 1 aromatic carbocycles. The third-order valence-electron chi connectivity index (χ3n) is 2.88. The molecule has 0 saturated heterocycles. The lowest BCUT2D eigenvalue weighted by Crippen LogP contribution is -2.33. The van der Waals surface area contributed by atoms with Crippen LogP contribution in [0.1, 0.15) is 30.5 Å². The second-order valence-corrected chi connectivity index (χ2v) is 7.40. The van der Waals surface area contributed by atoms with Crippen molar-refractivity contribution in [3.8, 4) is 0 Å². The highest BCUT2D eigenvalue weighted by atomic mass is 32.2. The number of nitrogens with one attached hydrogen (secondary N) is 1. The number of rotatable bonds is 5. The van der Waals surface area contributed by atoms with E-state index in [0.29, 0.717) is 0 Å². The third-order valence-corrected chi connectivity index (χ3v) is 4.91. The van der Waals surface area contributed by atoms with Crippen LogP contribution in [0.4, 0.5) is 4.39 Å². The van der Waals surface area contributed by atoms with Gasteiger partial charge in [0.1, 0.15) is 10.8 Å². The predicted molar refractivity (Wildman–Crippen MR) is 82.9 cm³/mol. The smallest absolute Gasteiger partial charge is 0.233 e. The minimum atomic E-state index is -0.284. The van der Waals surface area contributed by atoms with Crippen LogP contribution in [-0.4, -0.2) is 21.4 Å². The molecular formula is C14H16FN3OS2. The third kappa shape index (κ3) is 4.50.